The number of fused-ring (bicyclic) bond motifs is 1. The lowest BCUT2D eigenvalue weighted by Crippen LogP contribution is -2.49. The highest BCUT2D eigenvalue weighted by atomic mass is 32.1. The second-order valence-corrected chi connectivity index (χ2v) is 8.61. The molecule has 0 saturated heterocycles. The molecule has 7 heteroatoms. The van der Waals surface area contributed by atoms with Crippen molar-refractivity contribution in [1.29, 1.82) is 0 Å². The van der Waals surface area contributed by atoms with Crippen molar-refractivity contribution < 1.29 is 9.59 Å². The molecule has 1 N–H and O–H groups in total. The molecule has 0 fully saturated rings. The van der Waals surface area contributed by atoms with Crippen LogP contribution in [0.2, 0.25) is 0 Å². The molecule has 0 aliphatic carbocycles. The lowest BCUT2D eigenvalue weighted by molar-refractivity contribution is -0.134. The van der Waals surface area contributed by atoms with Crippen LogP contribution in [0.15, 0.2) is 47.8 Å². The topological polar surface area (TPSA) is 67.2 Å². The van der Waals surface area contributed by atoms with Gasteiger partial charge in [0.1, 0.15) is 6.04 Å². The number of aryl methyl sites for hydroxylation is 1. The SMILES string of the molecule is CCCC(NC(=O)c1cc(C)n(-c2ccccc2)n1)C(=O)N1CCc2sccc2C1. The molecule has 30 heavy (non-hydrogen) atoms. The summed E-state index contributed by atoms with van der Waals surface area (Å²) in [6, 6.07) is 13.0. The van der Waals surface area contributed by atoms with Gasteiger partial charge in [0.05, 0.1) is 5.69 Å². The molecule has 4 rings (SSSR count). The number of carbonyl (C=O) groups is 2. The van der Waals surface area contributed by atoms with Crippen LogP contribution in [-0.2, 0) is 17.8 Å². The van der Waals surface area contributed by atoms with Crippen molar-refractivity contribution in [1.82, 2.24) is 20.0 Å². The number of nitrogens with zero attached hydrogens (tertiary/aromatic N) is 3. The summed E-state index contributed by atoms with van der Waals surface area (Å²) in [4.78, 5) is 29.3. The van der Waals surface area contributed by atoms with Crippen molar-refractivity contribution in [2.75, 3.05) is 6.54 Å². The highest BCUT2D eigenvalue weighted by Crippen LogP contribution is 2.24. The molecular formula is C23H26N4O2S. The van der Waals surface area contributed by atoms with Gasteiger partial charge in [-0.2, -0.15) is 5.10 Å². The zero-order valence-corrected chi connectivity index (χ0v) is 18.1. The predicted molar refractivity (Wildman–Crippen MR) is 118 cm³/mol. The summed E-state index contributed by atoms with van der Waals surface area (Å²) in [6.45, 7) is 5.26. The minimum Gasteiger partial charge on any atom is -0.339 e. The van der Waals surface area contributed by atoms with Gasteiger partial charge in [0, 0.05) is 23.7 Å². The highest BCUT2D eigenvalue weighted by Gasteiger charge is 2.29. The Balaban J connectivity index is 1.48. The predicted octanol–water partition coefficient (Wildman–Crippen LogP) is 3.73. The minimum absolute atomic E-state index is 0.0127. The Morgan fingerprint density at radius 1 is 1.23 bits per heavy atom. The Labute approximate surface area is 180 Å². The molecule has 3 aromatic rings. The molecule has 1 atom stereocenters. The molecule has 1 aliphatic rings. The van der Waals surface area contributed by atoms with Crippen LogP contribution in [0.3, 0.4) is 0 Å². The normalized spacial score (nSPS) is 14.3. The lowest BCUT2D eigenvalue weighted by Gasteiger charge is -2.30. The van der Waals surface area contributed by atoms with Crippen LogP contribution in [-0.4, -0.2) is 39.1 Å². The van der Waals surface area contributed by atoms with Gasteiger partial charge in [-0.3, -0.25) is 9.59 Å². The molecule has 6 nitrogen and oxygen atoms in total. The number of carbonyl (C=O) groups excluding carboxylic acids is 2. The number of rotatable bonds is 6. The van der Waals surface area contributed by atoms with Gasteiger partial charge >= 0.3 is 0 Å². The van der Waals surface area contributed by atoms with E-state index >= 15 is 0 Å². The van der Waals surface area contributed by atoms with Crippen molar-refractivity contribution in [3.8, 4) is 5.69 Å². The van der Waals surface area contributed by atoms with Crippen molar-refractivity contribution in [2.45, 2.75) is 45.7 Å². The molecule has 2 amide bonds. The third-order valence-electron chi connectivity index (χ3n) is 5.42. The Hall–Kier alpha value is -2.93. The monoisotopic (exact) mass is 422 g/mol. The van der Waals surface area contributed by atoms with Gasteiger partial charge in [0.25, 0.3) is 5.91 Å². The Morgan fingerprint density at radius 2 is 2.03 bits per heavy atom. The minimum atomic E-state index is -0.537. The van der Waals surface area contributed by atoms with E-state index in [-0.39, 0.29) is 11.8 Å². The van der Waals surface area contributed by atoms with Crippen LogP contribution in [0.25, 0.3) is 5.69 Å². The molecule has 0 saturated carbocycles. The summed E-state index contributed by atoms with van der Waals surface area (Å²) in [7, 11) is 0. The molecule has 0 bridgehead atoms. The first-order valence-corrected chi connectivity index (χ1v) is 11.2. The molecule has 1 aromatic carbocycles. The highest BCUT2D eigenvalue weighted by molar-refractivity contribution is 7.10. The third kappa shape index (κ3) is 4.16. The number of aromatic nitrogens is 2. The second kappa shape index (κ2) is 8.83. The van der Waals surface area contributed by atoms with E-state index in [2.05, 4.69) is 21.9 Å². The standard InChI is InChI=1S/C23H26N4O2S/c1-3-7-19(23(29)26-12-10-21-17(15-26)11-13-30-21)24-22(28)20-14-16(2)27(25-20)18-8-5-4-6-9-18/h4-6,8-9,11,13-14,19H,3,7,10,12,15H2,1-2H3,(H,24,28). The summed E-state index contributed by atoms with van der Waals surface area (Å²) >= 11 is 1.75. The van der Waals surface area contributed by atoms with Crippen molar-refractivity contribution >= 4 is 23.2 Å². The van der Waals surface area contributed by atoms with Gasteiger partial charge in [-0.1, -0.05) is 31.5 Å². The second-order valence-electron chi connectivity index (χ2n) is 7.61. The fraction of sp³-hybridized carbons (Fsp3) is 0.348. The molecule has 1 unspecified atom stereocenters. The van der Waals surface area contributed by atoms with E-state index in [1.165, 1.54) is 10.4 Å². The van der Waals surface area contributed by atoms with E-state index in [0.717, 1.165) is 24.2 Å². The number of amides is 2. The first kappa shape index (κ1) is 20.3. The van der Waals surface area contributed by atoms with Crippen LogP contribution in [0.5, 0.6) is 0 Å². The molecule has 156 valence electrons. The number of benzene rings is 1. The van der Waals surface area contributed by atoms with Crippen LogP contribution in [0, 0.1) is 6.92 Å². The zero-order chi connectivity index (χ0) is 21.1. The molecular weight excluding hydrogens is 396 g/mol. The number of nitrogens with one attached hydrogen (secondary N) is 1. The lowest BCUT2D eigenvalue weighted by atomic mass is 10.1. The fourth-order valence-corrected chi connectivity index (χ4v) is 4.74. The van der Waals surface area contributed by atoms with Gasteiger partial charge in [-0.05, 0) is 55.0 Å². The molecule has 0 spiro atoms. The third-order valence-corrected chi connectivity index (χ3v) is 6.44. The van der Waals surface area contributed by atoms with E-state index in [1.54, 1.807) is 22.1 Å². The van der Waals surface area contributed by atoms with E-state index in [9.17, 15) is 9.59 Å². The molecule has 1 aliphatic heterocycles. The van der Waals surface area contributed by atoms with E-state index < -0.39 is 6.04 Å². The quantitative estimate of drug-likeness (QED) is 0.658. The van der Waals surface area contributed by atoms with Gasteiger partial charge in [-0.15, -0.1) is 11.3 Å². The first-order chi connectivity index (χ1) is 14.6. The number of hydrogen-bond donors (Lipinski definition) is 1. The largest absolute Gasteiger partial charge is 0.339 e. The molecule has 0 radical (unpaired) electrons. The van der Waals surface area contributed by atoms with Gasteiger partial charge in [0.15, 0.2) is 5.69 Å². The van der Waals surface area contributed by atoms with Crippen molar-refractivity contribution in [3.05, 3.63) is 69.7 Å². The Bertz CT molecular complexity index is 1040. The number of thiophene rings is 1. The van der Waals surface area contributed by atoms with Crippen LogP contribution in [0.4, 0.5) is 0 Å². The average Bonchev–Trinajstić information content (AvgIpc) is 3.39. The maximum absolute atomic E-state index is 13.2. The Kier molecular flexibility index (Phi) is 5.99. The van der Waals surface area contributed by atoms with E-state index in [0.29, 0.717) is 25.2 Å². The maximum Gasteiger partial charge on any atom is 0.272 e. The van der Waals surface area contributed by atoms with E-state index in [1.807, 2.05) is 49.1 Å². The van der Waals surface area contributed by atoms with Gasteiger partial charge in [-0.25, -0.2) is 4.68 Å². The van der Waals surface area contributed by atoms with Gasteiger partial charge in [0.2, 0.25) is 5.91 Å². The smallest absolute Gasteiger partial charge is 0.272 e. The van der Waals surface area contributed by atoms with Crippen LogP contribution >= 0.6 is 11.3 Å². The van der Waals surface area contributed by atoms with Crippen molar-refractivity contribution in [3.63, 3.8) is 0 Å². The summed E-state index contributed by atoms with van der Waals surface area (Å²) in [6.07, 6.45) is 2.30. The molecule has 3 heterocycles. The fourth-order valence-electron chi connectivity index (χ4n) is 3.85. The first-order valence-electron chi connectivity index (χ1n) is 10.3. The van der Waals surface area contributed by atoms with E-state index in [4.69, 9.17) is 0 Å². The maximum atomic E-state index is 13.2. The summed E-state index contributed by atoms with van der Waals surface area (Å²) < 4.78 is 1.74. The summed E-state index contributed by atoms with van der Waals surface area (Å²) in [5.74, 6) is -0.325. The summed E-state index contributed by atoms with van der Waals surface area (Å²) in [5, 5.41) is 9.49. The van der Waals surface area contributed by atoms with Crippen LogP contribution < -0.4 is 5.32 Å². The number of hydrogen-bond acceptors (Lipinski definition) is 4. The van der Waals surface area contributed by atoms with Crippen molar-refractivity contribution in [2.24, 2.45) is 0 Å². The average molecular weight is 423 g/mol. The molecule has 2 aromatic heterocycles. The Morgan fingerprint density at radius 3 is 2.80 bits per heavy atom. The zero-order valence-electron chi connectivity index (χ0n) is 17.3. The number of para-hydroxylation sites is 1. The van der Waals surface area contributed by atoms with Crippen LogP contribution in [0.1, 0.15) is 46.4 Å². The summed E-state index contributed by atoms with van der Waals surface area (Å²) in [5.41, 5.74) is 3.31. The van der Waals surface area contributed by atoms with Gasteiger partial charge < -0.3 is 10.2 Å².